The molecule has 3 heteroatoms. The minimum absolute atomic E-state index is 1.11. The fraction of sp³-hybridized carbons (Fsp3) is 0.615. The van der Waals surface area contributed by atoms with Crippen LogP contribution in [0.4, 0.5) is 5.82 Å². The quantitative estimate of drug-likeness (QED) is 0.772. The molecule has 0 bridgehead atoms. The molecule has 0 unspecified atom stereocenters. The molecule has 88 valence electrons. The second-order valence-electron chi connectivity index (χ2n) is 4.37. The highest BCUT2D eigenvalue weighted by Crippen LogP contribution is 2.12. The molecule has 1 aliphatic rings. The Bertz CT molecular complexity index is 291. The Morgan fingerprint density at radius 2 is 2.00 bits per heavy atom. The van der Waals surface area contributed by atoms with Crippen molar-refractivity contribution in [2.75, 3.05) is 37.6 Å². The predicted octanol–water partition coefficient (Wildman–Crippen LogP) is 2.00. The van der Waals surface area contributed by atoms with E-state index < -0.39 is 0 Å². The Morgan fingerprint density at radius 3 is 2.62 bits per heavy atom. The second kappa shape index (κ2) is 5.85. The molecule has 0 saturated carbocycles. The fourth-order valence-corrected chi connectivity index (χ4v) is 2.12. The van der Waals surface area contributed by atoms with Crippen molar-refractivity contribution in [1.82, 2.24) is 9.88 Å². The zero-order valence-corrected chi connectivity index (χ0v) is 10.1. The molecule has 0 atom stereocenters. The summed E-state index contributed by atoms with van der Waals surface area (Å²) in [6.45, 7) is 8.09. The molecule has 2 rings (SSSR count). The van der Waals surface area contributed by atoms with E-state index in [4.69, 9.17) is 0 Å². The van der Waals surface area contributed by atoms with Gasteiger partial charge in [0.15, 0.2) is 0 Å². The number of piperazine rings is 1. The van der Waals surface area contributed by atoms with E-state index in [1.807, 2.05) is 12.3 Å². The lowest BCUT2D eigenvalue weighted by atomic mass is 10.2. The Balaban J connectivity index is 1.81. The molecule has 0 aromatic carbocycles. The molecule has 1 aliphatic heterocycles. The topological polar surface area (TPSA) is 19.4 Å². The second-order valence-corrected chi connectivity index (χ2v) is 4.37. The van der Waals surface area contributed by atoms with Gasteiger partial charge in [-0.2, -0.15) is 0 Å². The van der Waals surface area contributed by atoms with Gasteiger partial charge in [0.1, 0.15) is 5.82 Å². The Kier molecular flexibility index (Phi) is 4.17. The highest BCUT2D eigenvalue weighted by Gasteiger charge is 2.16. The number of nitrogens with zero attached hydrogens (tertiary/aromatic N) is 3. The molecule has 0 N–H and O–H groups in total. The molecule has 1 aromatic heterocycles. The van der Waals surface area contributed by atoms with E-state index in [0.29, 0.717) is 0 Å². The number of hydrogen-bond donors (Lipinski definition) is 0. The van der Waals surface area contributed by atoms with Gasteiger partial charge in [0.25, 0.3) is 0 Å². The van der Waals surface area contributed by atoms with Gasteiger partial charge in [-0.15, -0.1) is 0 Å². The summed E-state index contributed by atoms with van der Waals surface area (Å²) in [6.07, 6.45) is 4.49. The standard InChI is InChI=1S/C13H21N3/c1-2-3-8-15-9-11-16(12-10-15)13-6-4-5-7-14-13/h4-7H,2-3,8-12H2,1H3. The highest BCUT2D eigenvalue weighted by atomic mass is 15.3. The van der Waals surface area contributed by atoms with Crippen molar-refractivity contribution in [2.45, 2.75) is 19.8 Å². The lowest BCUT2D eigenvalue weighted by molar-refractivity contribution is 0.253. The predicted molar refractivity (Wildman–Crippen MR) is 67.8 cm³/mol. The van der Waals surface area contributed by atoms with E-state index in [0.717, 1.165) is 18.9 Å². The lowest BCUT2D eigenvalue weighted by Crippen LogP contribution is -2.46. The van der Waals surface area contributed by atoms with Crippen LogP contribution in [-0.4, -0.2) is 42.6 Å². The first-order valence-corrected chi connectivity index (χ1v) is 6.28. The normalized spacial score (nSPS) is 17.7. The third-order valence-electron chi connectivity index (χ3n) is 3.17. The molecule has 1 fully saturated rings. The summed E-state index contributed by atoms with van der Waals surface area (Å²) < 4.78 is 0. The van der Waals surface area contributed by atoms with Crippen molar-refractivity contribution in [3.8, 4) is 0 Å². The number of unbranched alkanes of at least 4 members (excludes halogenated alkanes) is 1. The zero-order valence-electron chi connectivity index (χ0n) is 10.1. The summed E-state index contributed by atoms with van der Waals surface area (Å²) in [5, 5.41) is 0. The molecule has 0 aliphatic carbocycles. The van der Waals surface area contributed by atoms with Crippen LogP contribution in [0.1, 0.15) is 19.8 Å². The first-order valence-electron chi connectivity index (χ1n) is 6.28. The molecular weight excluding hydrogens is 198 g/mol. The van der Waals surface area contributed by atoms with E-state index in [1.165, 1.54) is 32.5 Å². The van der Waals surface area contributed by atoms with Crippen LogP contribution in [-0.2, 0) is 0 Å². The summed E-state index contributed by atoms with van der Waals surface area (Å²) in [6, 6.07) is 6.13. The first-order chi connectivity index (χ1) is 7.90. The van der Waals surface area contributed by atoms with Crippen LogP contribution in [0.5, 0.6) is 0 Å². The van der Waals surface area contributed by atoms with Gasteiger partial charge in [-0.25, -0.2) is 4.98 Å². The van der Waals surface area contributed by atoms with E-state index in [-0.39, 0.29) is 0 Å². The first kappa shape index (κ1) is 11.4. The summed E-state index contributed by atoms with van der Waals surface area (Å²) in [5.74, 6) is 1.12. The summed E-state index contributed by atoms with van der Waals surface area (Å²) in [5.41, 5.74) is 0. The maximum absolute atomic E-state index is 4.40. The SMILES string of the molecule is CCCCN1CCN(c2ccccn2)CC1. The van der Waals surface area contributed by atoms with Gasteiger partial charge >= 0.3 is 0 Å². The molecule has 0 spiro atoms. The molecule has 2 heterocycles. The average molecular weight is 219 g/mol. The minimum atomic E-state index is 1.11. The highest BCUT2D eigenvalue weighted by molar-refractivity contribution is 5.38. The summed E-state index contributed by atoms with van der Waals surface area (Å²) in [7, 11) is 0. The van der Waals surface area contributed by atoms with Gasteiger partial charge in [-0.05, 0) is 25.1 Å². The summed E-state index contributed by atoms with van der Waals surface area (Å²) in [4.78, 5) is 9.33. The number of pyridine rings is 1. The zero-order chi connectivity index (χ0) is 11.2. The van der Waals surface area contributed by atoms with E-state index >= 15 is 0 Å². The lowest BCUT2D eigenvalue weighted by Gasteiger charge is -2.35. The van der Waals surface area contributed by atoms with Crippen molar-refractivity contribution in [1.29, 1.82) is 0 Å². The number of aromatic nitrogens is 1. The van der Waals surface area contributed by atoms with E-state index in [2.05, 4.69) is 33.8 Å². The Labute approximate surface area is 98.1 Å². The monoisotopic (exact) mass is 219 g/mol. The van der Waals surface area contributed by atoms with Gasteiger partial charge in [0.2, 0.25) is 0 Å². The van der Waals surface area contributed by atoms with Crippen molar-refractivity contribution in [2.24, 2.45) is 0 Å². The maximum Gasteiger partial charge on any atom is 0.128 e. The van der Waals surface area contributed by atoms with E-state index in [1.54, 1.807) is 0 Å². The molecule has 1 saturated heterocycles. The smallest absolute Gasteiger partial charge is 0.128 e. The minimum Gasteiger partial charge on any atom is -0.354 e. The van der Waals surface area contributed by atoms with Crippen LogP contribution in [0.15, 0.2) is 24.4 Å². The number of anilines is 1. The van der Waals surface area contributed by atoms with Crippen LogP contribution in [0.2, 0.25) is 0 Å². The third kappa shape index (κ3) is 2.95. The molecule has 0 radical (unpaired) electrons. The van der Waals surface area contributed by atoms with Crippen LogP contribution < -0.4 is 4.90 Å². The molecular formula is C13H21N3. The summed E-state index contributed by atoms with van der Waals surface area (Å²) >= 11 is 0. The maximum atomic E-state index is 4.40. The number of rotatable bonds is 4. The van der Waals surface area contributed by atoms with Crippen molar-refractivity contribution in [3.05, 3.63) is 24.4 Å². The fourth-order valence-electron chi connectivity index (χ4n) is 2.12. The van der Waals surface area contributed by atoms with Crippen LogP contribution >= 0.6 is 0 Å². The van der Waals surface area contributed by atoms with Gasteiger partial charge in [0, 0.05) is 32.4 Å². The van der Waals surface area contributed by atoms with Crippen LogP contribution in [0.3, 0.4) is 0 Å². The third-order valence-corrected chi connectivity index (χ3v) is 3.17. The van der Waals surface area contributed by atoms with Gasteiger partial charge in [-0.3, -0.25) is 4.90 Å². The van der Waals surface area contributed by atoms with Gasteiger partial charge in [-0.1, -0.05) is 19.4 Å². The van der Waals surface area contributed by atoms with Crippen molar-refractivity contribution >= 4 is 5.82 Å². The van der Waals surface area contributed by atoms with Gasteiger partial charge < -0.3 is 4.90 Å². The molecule has 1 aromatic rings. The van der Waals surface area contributed by atoms with Crippen LogP contribution in [0.25, 0.3) is 0 Å². The van der Waals surface area contributed by atoms with Gasteiger partial charge in [0.05, 0.1) is 0 Å². The molecule has 3 nitrogen and oxygen atoms in total. The molecule has 16 heavy (non-hydrogen) atoms. The largest absolute Gasteiger partial charge is 0.354 e. The number of hydrogen-bond acceptors (Lipinski definition) is 3. The average Bonchev–Trinajstić information content (AvgIpc) is 2.38. The Hall–Kier alpha value is -1.09. The molecule has 0 amide bonds. The Morgan fingerprint density at radius 1 is 1.19 bits per heavy atom. The van der Waals surface area contributed by atoms with Crippen molar-refractivity contribution < 1.29 is 0 Å². The van der Waals surface area contributed by atoms with Crippen LogP contribution in [0, 0.1) is 0 Å². The van der Waals surface area contributed by atoms with E-state index in [9.17, 15) is 0 Å². The van der Waals surface area contributed by atoms with Crippen molar-refractivity contribution in [3.63, 3.8) is 0 Å².